The molecule has 0 amide bonds. The van der Waals surface area contributed by atoms with Crippen molar-refractivity contribution in [2.45, 2.75) is 39.8 Å². The van der Waals surface area contributed by atoms with E-state index < -0.39 is 0 Å². The van der Waals surface area contributed by atoms with Crippen LogP contribution in [-0.2, 0) is 0 Å². The largest absolute Gasteiger partial charge is 0.314 e. The summed E-state index contributed by atoms with van der Waals surface area (Å²) in [7, 11) is 0. The van der Waals surface area contributed by atoms with E-state index in [0.717, 1.165) is 12.6 Å². The van der Waals surface area contributed by atoms with Crippen LogP contribution in [0, 0.1) is 0 Å². The van der Waals surface area contributed by atoms with Crippen LogP contribution in [0.4, 0.5) is 0 Å². The summed E-state index contributed by atoms with van der Waals surface area (Å²) in [6, 6.07) is 1.34. The molecule has 0 atom stereocenters. The van der Waals surface area contributed by atoms with Crippen LogP contribution >= 0.6 is 0 Å². The molecule has 0 saturated heterocycles. The van der Waals surface area contributed by atoms with Crippen LogP contribution in [0.5, 0.6) is 0 Å². The fourth-order valence-electron chi connectivity index (χ4n) is 2.08. The molecule has 1 N–H and O–H groups in total. The highest BCUT2D eigenvalue weighted by Gasteiger charge is 2.31. The third-order valence-electron chi connectivity index (χ3n) is 3.31. The zero-order valence-corrected chi connectivity index (χ0v) is 10.1. The first kappa shape index (κ1) is 11.7. The first-order valence-electron chi connectivity index (χ1n) is 5.81. The highest BCUT2D eigenvalue weighted by Crippen LogP contribution is 2.17. The van der Waals surface area contributed by atoms with Gasteiger partial charge < -0.3 is 9.80 Å². The Morgan fingerprint density at radius 2 is 1.71 bits per heavy atom. The van der Waals surface area contributed by atoms with Crippen LogP contribution in [0.25, 0.3) is 0 Å². The summed E-state index contributed by atoms with van der Waals surface area (Å²) < 4.78 is 1.24. The Bertz CT molecular complexity index is 186. The van der Waals surface area contributed by atoms with Crippen LogP contribution in [0.2, 0.25) is 0 Å². The first-order valence-corrected chi connectivity index (χ1v) is 5.81. The maximum absolute atomic E-state index is 3.51. The summed E-state index contributed by atoms with van der Waals surface area (Å²) in [5.74, 6) is 0. The summed E-state index contributed by atoms with van der Waals surface area (Å²) in [5.41, 5.74) is 0. The molecule has 0 aromatic carbocycles. The molecule has 0 aromatic rings. The lowest BCUT2D eigenvalue weighted by atomic mass is 10.2. The summed E-state index contributed by atoms with van der Waals surface area (Å²) in [5, 5.41) is 3.51. The minimum Gasteiger partial charge on any atom is -0.314 e. The maximum Gasteiger partial charge on any atom is 0.0980 e. The van der Waals surface area contributed by atoms with E-state index in [-0.39, 0.29) is 0 Å². The van der Waals surface area contributed by atoms with E-state index in [4.69, 9.17) is 0 Å². The van der Waals surface area contributed by atoms with Gasteiger partial charge in [-0.2, -0.15) is 0 Å². The van der Waals surface area contributed by atoms with Gasteiger partial charge in [-0.15, -0.1) is 0 Å². The lowest BCUT2D eigenvalue weighted by Crippen LogP contribution is -2.54. The minimum atomic E-state index is 0.609. The number of nitrogens with zero attached hydrogens (tertiary/aromatic N) is 1. The standard InChI is InChI=1S/C12H25N2/c1-11(2)13-7-10-14(12(3)4)8-5-6-9-14/h5-6,11-13H,7-10H2,1-4H3/q+1. The molecule has 2 nitrogen and oxygen atoms in total. The fraction of sp³-hybridized carbons (Fsp3) is 0.833. The van der Waals surface area contributed by atoms with Gasteiger partial charge in [-0.25, -0.2) is 0 Å². The quantitative estimate of drug-likeness (QED) is 0.523. The van der Waals surface area contributed by atoms with Gasteiger partial charge in [-0.1, -0.05) is 13.8 Å². The minimum absolute atomic E-state index is 0.609. The second-order valence-corrected chi connectivity index (χ2v) is 4.98. The Morgan fingerprint density at radius 3 is 2.14 bits per heavy atom. The third-order valence-corrected chi connectivity index (χ3v) is 3.31. The van der Waals surface area contributed by atoms with Crippen LogP contribution in [0.1, 0.15) is 27.7 Å². The summed E-state index contributed by atoms with van der Waals surface area (Å²) in [6.45, 7) is 13.9. The third kappa shape index (κ3) is 2.82. The smallest absolute Gasteiger partial charge is 0.0980 e. The molecule has 0 aliphatic carbocycles. The molecule has 0 bridgehead atoms. The number of rotatable bonds is 5. The van der Waals surface area contributed by atoms with Crippen molar-refractivity contribution in [2.75, 3.05) is 26.2 Å². The van der Waals surface area contributed by atoms with Crippen molar-refractivity contribution in [2.24, 2.45) is 0 Å². The Morgan fingerprint density at radius 1 is 1.14 bits per heavy atom. The van der Waals surface area contributed by atoms with E-state index in [2.05, 4.69) is 45.2 Å². The summed E-state index contributed by atoms with van der Waals surface area (Å²) >= 11 is 0. The molecule has 0 aromatic heterocycles. The number of nitrogens with one attached hydrogen (secondary N) is 1. The van der Waals surface area contributed by atoms with Crippen molar-refractivity contribution in [1.82, 2.24) is 5.32 Å². The molecule has 0 unspecified atom stereocenters. The van der Waals surface area contributed by atoms with Gasteiger partial charge in [0.15, 0.2) is 0 Å². The van der Waals surface area contributed by atoms with E-state index in [0.29, 0.717) is 6.04 Å². The van der Waals surface area contributed by atoms with Gasteiger partial charge in [0, 0.05) is 12.6 Å². The van der Waals surface area contributed by atoms with E-state index in [1.165, 1.54) is 24.1 Å². The normalized spacial score (nSPS) is 19.9. The Labute approximate surface area is 88.6 Å². The van der Waals surface area contributed by atoms with E-state index in [1.54, 1.807) is 0 Å². The fourth-order valence-corrected chi connectivity index (χ4v) is 2.08. The monoisotopic (exact) mass is 197 g/mol. The molecular weight excluding hydrogens is 172 g/mol. The predicted molar refractivity (Wildman–Crippen MR) is 62.3 cm³/mol. The SMILES string of the molecule is CC(C)NCC[N+]1(C(C)C)CC=CC1. The van der Waals surface area contributed by atoms with E-state index >= 15 is 0 Å². The molecule has 1 aliphatic heterocycles. The van der Waals surface area contributed by atoms with Crippen molar-refractivity contribution >= 4 is 0 Å². The van der Waals surface area contributed by atoms with E-state index in [9.17, 15) is 0 Å². The molecule has 14 heavy (non-hydrogen) atoms. The van der Waals surface area contributed by atoms with Gasteiger partial charge in [-0.3, -0.25) is 0 Å². The van der Waals surface area contributed by atoms with Crippen molar-refractivity contribution in [1.29, 1.82) is 0 Å². The highest BCUT2D eigenvalue weighted by molar-refractivity contribution is 4.89. The second-order valence-electron chi connectivity index (χ2n) is 4.98. The highest BCUT2D eigenvalue weighted by atomic mass is 15.4. The van der Waals surface area contributed by atoms with Crippen molar-refractivity contribution in [3.8, 4) is 0 Å². The topological polar surface area (TPSA) is 12.0 Å². The van der Waals surface area contributed by atoms with Gasteiger partial charge >= 0.3 is 0 Å². The summed E-state index contributed by atoms with van der Waals surface area (Å²) in [4.78, 5) is 0. The van der Waals surface area contributed by atoms with Crippen LogP contribution in [0.15, 0.2) is 12.2 Å². The lowest BCUT2D eigenvalue weighted by molar-refractivity contribution is -0.932. The molecule has 1 aliphatic rings. The van der Waals surface area contributed by atoms with Crippen LogP contribution in [0.3, 0.4) is 0 Å². The maximum atomic E-state index is 3.51. The van der Waals surface area contributed by atoms with Gasteiger partial charge in [0.1, 0.15) is 0 Å². The van der Waals surface area contributed by atoms with Gasteiger partial charge in [-0.05, 0) is 26.0 Å². The lowest BCUT2D eigenvalue weighted by Gasteiger charge is -2.38. The van der Waals surface area contributed by atoms with Crippen molar-refractivity contribution in [3.63, 3.8) is 0 Å². The van der Waals surface area contributed by atoms with Crippen molar-refractivity contribution in [3.05, 3.63) is 12.2 Å². The first-order chi connectivity index (χ1) is 6.57. The molecular formula is C12H25N2+. The molecule has 0 saturated carbocycles. The molecule has 0 fully saturated rings. The Kier molecular flexibility index (Phi) is 4.14. The number of hydrogen-bond acceptors (Lipinski definition) is 1. The number of hydrogen-bond donors (Lipinski definition) is 1. The molecule has 0 radical (unpaired) electrons. The van der Waals surface area contributed by atoms with Crippen LogP contribution < -0.4 is 5.32 Å². The second kappa shape index (κ2) is 4.94. The van der Waals surface area contributed by atoms with Gasteiger partial charge in [0.2, 0.25) is 0 Å². The zero-order chi connectivity index (χ0) is 10.6. The Hall–Kier alpha value is -0.340. The predicted octanol–water partition coefficient (Wildman–Crippen LogP) is 1.78. The average Bonchev–Trinajstić information content (AvgIpc) is 2.53. The molecule has 1 rings (SSSR count). The van der Waals surface area contributed by atoms with E-state index in [1.807, 2.05) is 0 Å². The Balaban J connectivity index is 2.37. The number of quaternary nitrogens is 1. The van der Waals surface area contributed by atoms with Crippen LogP contribution in [-0.4, -0.2) is 42.7 Å². The molecule has 82 valence electrons. The average molecular weight is 197 g/mol. The van der Waals surface area contributed by atoms with Gasteiger partial charge in [0.05, 0.1) is 25.7 Å². The summed E-state index contributed by atoms with van der Waals surface area (Å²) in [6.07, 6.45) is 4.66. The van der Waals surface area contributed by atoms with Gasteiger partial charge in [0.25, 0.3) is 0 Å². The molecule has 2 heteroatoms. The van der Waals surface area contributed by atoms with Crippen molar-refractivity contribution < 1.29 is 4.48 Å². The molecule has 0 spiro atoms. The zero-order valence-electron chi connectivity index (χ0n) is 10.1. The molecule has 1 heterocycles.